The second kappa shape index (κ2) is 6.05. The van der Waals surface area contributed by atoms with Crippen LogP contribution in [0.3, 0.4) is 0 Å². The number of aryl methyl sites for hydroxylation is 1. The molecule has 1 heterocycles. The number of halogens is 2. The van der Waals surface area contributed by atoms with Crippen molar-refractivity contribution in [3.63, 3.8) is 0 Å². The molecule has 4 heteroatoms. The van der Waals surface area contributed by atoms with Crippen LogP contribution >= 0.6 is 27.5 Å². The van der Waals surface area contributed by atoms with E-state index in [2.05, 4.69) is 39.2 Å². The maximum Gasteiger partial charge on any atom is 0.126 e. The third-order valence-electron chi connectivity index (χ3n) is 3.41. The molecule has 1 aliphatic carbocycles. The molecule has 1 aromatic rings. The summed E-state index contributed by atoms with van der Waals surface area (Å²) < 4.78 is 1.05. The van der Waals surface area contributed by atoms with E-state index in [1.165, 1.54) is 24.8 Å². The van der Waals surface area contributed by atoms with Crippen LogP contribution in [0.15, 0.2) is 16.7 Å². The Morgan fingerprint density at radius 1 is 1.47 bits per heavy atom. The monoisotopic (exact) mass is 316 g/mol. The van der Waals surface area contributed by atoms with Gasteiger partial charge < -0.3 is 5.32 Å². The molecule has 1 aromatic heterocycles. The maximum atomic E-state index is 6.34. The Morgan fingerprint density at radius 3 is 2.94 bits per heavy atom. The Kier molecular flexibility index (Phi) is 4.69. The third kappa shape index (κ3) is 3.59. The Bertz CT molecular complexity index is 384. The minimum atomic E-state index is 0.327. The minimum Gasteiger partial charge on any atom is -0.370 e. The quantitative estimate of drug-likeness (QED) is 0.838. The molecule has 0 saturated heterocycles. The predicted molar refractivity (Wildman–Crippen MR) is 76.8 cm³/mol. The molecule has 0 aliphatic heterocycles. The van der Waals surface area contributed by atoms with E-state index >= 15 is 0 Å². The van der Waals surface area contributed by atoms with Crippen LogP contribution in [-0.4, -0.2) is 16.9 Å². The molecular formula is C13H18BrClN2. The van der Waals surface area contributed by atoms with Crippen molar-refractivity contribution in [3.8, 4) is 0 Å². The summed E-state index contributed by atoms with van der Waals surface area (Å²) in [6.45, 7) is 3.00. The van der Waals surface area contributed by atoms with Gasteiger partial charge in [0, 0.05) is 22.6 Å². The van der Waals surface area contributed by atoms with Crippen molar-refractivity contribution in [3.05, 3.63) is 22.3 Å². The van der Waals surface area contributed by atoms with E-state index in [0.29, 0.717) is 11.3 Å². The third-order valence-corrected chi connectivity index (χ3v) is 4.81. The smallest absolute Gasteiger partial charge is 0.126 e. The molecule has 2 atom stereocenters. The second-order valence-electron chi connectivity index (χ2n) is 4.76. The summed E-state index contributed by atoms with van der Waals surface area (Å²) >= 11 is 9.79. The number of rotatable bonds is 3. The van der Waals surface area contributed by atoms with Crippen LogP contribution in [0.4, 0.5) is 5.82 Å². The lowest BCUT2D eigenvalue weighted by molar-refractivity contribution is 0.380. The van der Waals surface area contributed by atoms with E-state index in [1.54, 1.807) is 0 Å². The molecule has 2 nitrogen and oxygen atoms in total. The van der Waals surface area contributed by atoms with Crippen molar-refractivity contribution < 1.29 is 0 Å². The molecule has 0 spiro atoms. The van der Waals surface area contributed by atoms with Crippen molar-refractivity contribution in [2.24, 2.45) is 5.92 Å². The SMILES string of the molecule is Cc1cc(NCC2CCCCC2Cl)ncc1Br. The van der Waals surface area contributed by atoms with Crippen LogP contribution in [0.5, 0.6) is 0 Å². The molecule has 1 saturated carbocycles. The van der Waals surface area contributed by atoms with Crippen molar-refractivity contribution >= 4 is 33.3 Å². The second-order valence-corrected chi connectivity index (χ2v) is 6.18. The number of alkyl halides is 1. The summed E-state index contributed by atoms with van der Waals surface area (Å²) in [4.78, 5) is 4.35. The van der Waals surface area contributed by atoms with Gasteiger partial charge in [0.15, 0.2) is 0 Å². The number of hydrogen-bond acceptors (Lipinski definition) is 2. The van der Waals surface area contributed by atoms with Gasteiger partial charge in [0.05, 0.1) is 0 Å². The average molecular weight is 318 g/mol. The van der Waals surface area contributed by atoms with Gasteiger partial charge in [-0.05, 0) is 53.2 Å². The van der Waals surface area contributed by atoms with Crippen LogP contribution in [0.2, 0.25) is 0 Å². The molecule has 1 fully saturated rings. The van der Waals surface area contributed by atoms with Crippen molar-refractivity contribution in [2.75, 3.05) is 11.9 Å². The fourth-order valence-corrected chi connectivity index (χ4v) is 2.85. The van der Waals surface area contributed by atoms with E-state index in [1.807, 2.05) is 6.20 Å². The molecule has 1 N–H and O–H groups in total. The number of hydrogen-bond donors (Lipinski definition) is 1. The number of anilines is 1. The maximum absolute atomic E-state index is 6.34. The number of pyridine rings is 1. The zero-order chi connectivity index (χ0) is 12.3. The summed E-state index contributed by atoms with van der Waals surface area (Å²) in [5, 5.41) is 3.72. The lowest BCUT2D eigenvalue weighted by Gasteiger charge is -2.27. The zero-order valence-corrected chi connectivity index (χ0v) is 12.4. The Morgan fingerprint density at radius 2 is 2.24 bits per heavy atom. The van der Waals surface area contributed by atoms with Crippen molar-refractivity contribution in [1.29, 1.82) is 0 Å². The first-order chi connectivity index (χ1) is 8.16. The Balaban J connectivity index is 1.90. The molecule has 0 aromatic carbocycles. The van der Waals surface area contributed by atoms with E-state index in [-0.39, 0.29) is 0 Å². The lowest BCUT2D eigenvalue weighted by atomic mass is 9.89. The molecule has 2 unspecified atom stereocenters. The summed E-state index contributed by atoms with van der Waals surface area (Å²) in [7, 11) is 0. The Hall–Kier alpha value is -0.280. The fraction of sp³-hybridized carbons (Fsp3) is 0.615. The Labute approximate surface area is 116 Å². The standard InChI is InChI=1S/C13H18BrClN2/c1-9-6-13(17-8-11(9)14)16-7-10-4-2-3-5-12(10)15/h6,8,10,12H,2-5,7H2,1H3,(H,16,17). The van der Waals surface area contributed by atoms with E-state index in [9.17, 15) is 0 Å². The predicted octanol–water partition coefficient (Wildman–Crippen LogP) is 4.36. The summed E-state index contributed by atoms with van der Waals surface area (Å²) in [6.07, 6.45) is 6.82. The highest BCUT2D eigenvalue weighted by Gasteiger charge is 2.22. The van der Waals surface area contributed by atoms with Crippen molar-refractivity contribution in [2.45, 2.75) is 38.0 Å². The molecule has 94 valence electrons. The van der Waals surface area contributed by atoms with Gasteiger partial charge in [0.1, 0.15) is 5.82 Å². The first-order valence-corrected chi connectivity index (χ1v) is 7.40. The first kappa shape index (κ1) is 13.2. The van der Waals surface area contributed by atoms with Gasteiger partial charge >= 0.3 is 0 Å². The van der Waals surface area contributed by atoms with Gasteiger partial charge in [-0.2, -0.15) is 0 Å². The van der Waals surface area contributed by atoms with Crippen LogP contribution in [0.1, 0.15) is 31.2 Å². The van der Waals surface area contributed by atoms with Crippen LogP contribution in [-0.2, 0) is 0 Å². The largest absolute Gasteiger partial charge is 0.370 e. The van der Waals surface area contributed by atoms with E-state index in [0.717, 1.165) is 23.3 Å². The summed E-state index contributed by atoms with van der Waals surface area (Å²) in [6, 6.07) is 2.07. The molecule has 0 radical (unpaired) electrons. The number of nitrogens with zero attached hydrogens (tertiary/aromatic N) is 1. The van der Waals surface area contributed by atoms with E-state index in [4.69, 9.17) is 11.6 Å². The highest BCUT2D eigenvalue weighted by Crippen LogP contribution is 2.28. The van der Waals surface area contributed by atoms with Crippen LogP contribution in [0.25, 0.3) is 0 Å². The summed E-state index contributed by atoms with van der Waals surface area (Å²) in [5.41, 5.74) is 1.20. The minimum absolute atomic E-state index is 0.327. The van der Waals surface area contributed by atoms with Gasteiger partial charge in [-0.15, -0.1) is 11.6 Å². The van der Waals surface area contributed by atoms with Gasteiger partial charge in [-0.25, -0.2) is 4.98 Å². The highest BCUT2D eigenvalue weighted by molar-refractivity contribution is 9.10. The zero-order valence-electron chi connectivity index (χ0n) is 10.0. The van der Waals surface area contributed by atoms with Crippen LogP contribution < -0.4 is 5.32 Å². The topological polar surface area (TPSA) is 24.9 Å². The molecule has 2 rings (SSSR count). The van der Waals surface area contributed by atoms with Crippen molar-refractivity contribution in [1.82, 2.24) is 4.98 Å². The fourth-order valence-electron chi connectivity index (χ4n) is 2.26. The summed E-state index contributed by atoms with van der Waals surface area (Å²) in [5.74, 6) is 1.52. The molecule has 0 amide bonds. The molecular weight excluding hydrogens is 300 g/mol. The van der Waals surface area contributed by atoms with E-state index < -0.39 is 0 Å². The normalized spacial score (nSPS) is 24.6. The average Bonchev–Trinajstić information content (AvgIpc) is 2.32. The first-order valence-electron chi connectivity index (χ1n) is 6.17. The van der Waals surface area contributed by atoms with Gasteiger partial charge in [0.25, 0.3) is 0 Å². The van der Waals surface area contributed by atoms with Gasteiger partial charge in [-0.3, -0.25) is 0 Å². The van der Waals surface area contributed by atoms with Gasteiger partial charge in [0.2, 0.25) is 0 Å². The number of aromatic nitrogens is 1. The lowest BCUT2D eigenvalue weighted by Crippen LogP contribution is -2.26. The van der Waals surface area contributed by atoms with Crippen LogP contribution in [0, 0.1) is 12.8 Å². The number of nitrogens with one attached hydrogen (secondary N) is 1. The molecule has 0 bridgehead atoms. The van der Waals surface area contributed by atoms with Gasteiger partial charge in [-0.1, -0.05) is 12.8 Å². The molecule has 17 heavy (non-hydrogen) atoms. The molecule has 1 aliphatic rings. The highest BCUT2D eigenvalue weighted by atomic mass is 79.9.